The molecule has 0 aromatic heterocycles. The van der Waals surface area contributed by atoms with Crippen LogP contribution in [-0.4, -0.2) is 62.2 Å². The molecular weight excluding hydrogens is 211 g/mol. The predicted molar refractivity (Wildman–Crippen MR) is 57.5 cm³/mol. The Hall–Kier alpha value is 0.460. The van der Waals surface area contributed by atoms with E-state index in [0.717, 1.165) is 0 Å². The van der Waals surface area contributed by atoms with E-state index in [4.69, 9.17) is 27.9 Å². The Labute approximate surface area is 90.5 Å². The average Bonchev–Trinajstić information content (AvgIpc) is 2.03. The van der Waals surface area contributed by atoms with Gasteiger partial charge in [-0.3, -0.25) is 9.80 Å². The molecular formula is C8H18Cl2N2O. The van der Waals surface area contributed by atoms with Crippen LogP contribution in [0.4, 0.5) is 0 Å². The van der Waals surface area contributed by atoms with Gasteiger partial charge in [-0.05, 0) is 28.2 Å². The first-order valence-electron chi connectivity index (χ1n) is 4.14. The van der Waals surface area contributed by atoms with Crippen molar-refractivity contribution in [3.05, 3.63) is 0 Å². The normalized spacial score (nSPS) is 16.6. The molecule has 2 unspecified atom stereocenters. The zero-order valence-corrected chi connectivity index (χ0v) is 10.1. The number of rotatable bonds is 6. The van der Waals surface area contributed by atoms with Gasteiger partial charge in [0.25, 0.3) is 0 Å². The summed E-state index contributed by atoms with van der Waals surface area (Å²) in [5.41, 5.74) is -0.183. The maximum absolute atomic E-state index is 5.92. The van der Waals surface area contributed by atoms with Gasteiger partial charge in [0.1, 0.15) is 11.0 Å². The zero-order valence-electron chi connectivity index (χ0n) is 8.63. The van der Waals surface area contributed by atoms with Crippen LogP contribution in [0.25, 0.3) is 0 Å². The fraction of sp³-hybridized carbons (Fsp3) is 1.00. The van der Waals surface area contributed by atoms with Crippen LogP contribution in [0.1, 0.15) is 0 Å². The van der Waals surface area contributed by atoms with E-state index in [1.54, 1.807) is 0 Å². The number of ether oxygens (including phenoxy) is 1. The largest absolute Gasteiger partial charge is 0.376 e. The van der Waals surface area contributed by atoms with Crippen molar-refractivity contribution in [2.75, 3.05) is 41.4 Å². The van der Waals surface area contributed by atoms with Crippen LogP contribution in [-0.2, 0) is 4.74 Å². The molecule has 0 saturated carbocycles. The third kappa shape index (κ3) is 6.52. The van der Waals surface area contributed by atoms with Crippen LogP contribution in [0.5, 0.6) is 0 Å². The van der Waals surface area contributed by atoms with Gasteiger partial charge in [-0.2, -0.15) is 0 Å². The molecule has 13 heavy (non-hydrogen) atoms. The highest BCUT2D eigenvalue weighted by molar-refractivity contribution is 6.20. The monoisotopic (exact) mass is 228 g/mol. The Balaban J connectivity index is 3.45. The van der Waals surface area contributed by atoms with Crippen molar-refractivity contribution in [1.29, 1.82) is 0 Å². The first-order valence-corrected chi connectivity index (χ1v) is 5.01. The van der Waals surface area contributed by atoms with Crippen LogP contribution in [0.2, 0.25) is 0 Å². The molecule has 0 aliphatic carbocycles. The molecule has 2 atom stereocenters. The van der Waals surface area contributed by atoms with Crippen LogP contribution < -0.4 is 0 Å². The zero-order chi connectivity index (χ0) is 10.4. The lowest BCUT2D eigenvalue weighted by Crippen LogP contribution is -2.31. The second-order valence-electron chi connectivity index (χ2n) is 3.33. The van der Waals surface area contributed by atoms with Gasteiger partial charge in [0.2, 0.25) is 0 Å². The number of alkyl halides is 2. The summed E-state index contributed by atoms with van der Waals surface area (Å²) in [6.45, 7) is 0.983. The van der Waals surface area contributed by atoms with Gasteiger partial charge >= 0.3 is 0 Å². The van der Waals surface area contributed by atoms with Gasteiger partial charge in [-0.25, -0.2) is 0 Å². The maximum Gasteiger partial charge on any atom is 0.108 e. The molecule has 0 aliphatic rings. The smallest absolute Gasteiger partial charge is 0.108 e. The molecule has 0 aliphatic heterocycles. The first kappa shape index (κ1) is 13.5. The molecule has 3 nitrogen and oxygen atoms in total. The summed E-state index contributed by atoms with van der Waals surface area (Å²) >= 11 is 11.8. The van der Waals surface area contributed by atoms with E-state index >= 15 is 0 Å². The molecule has 0 amide bonds. The van der Waals surface area contributed by atoms with Gasteiger partial charge in [0, 0.05) is 0 Å². The third-order valence-corrected chi connectivity index (χ3v) is 2.66. The molecule has 0 N–H and O–H groups in total. The summed E-state index contributed by atoms with van der Waals surface area (Å²) in [4.78, 5) is 3.78. The van der Waals surface area contributed by atoms with Gasteiger partial charge in [0.15, 0.2) is 0 Å². The molecule has 0 rings (SSSR count). The van der Waals surface area contributed by atoms with Crippen molar-refractivity contribution in [1.82, 2.24) is 9.80 Å². The van der Waals surface area contributed by atoms with Crippen molar-refractivity contribution in [2.24, 2.45) is 0 Å². The lowest BCUT2D eigenvalue weighted by atomic mass is 10.6. The molecule has 0 spiro atoms. The van der Waals surface area contributed by atoms with Gasteiger partial charge < -0.3 is 4.74 Å². The van der Waals surface area contributed by atoms with Crippen LogP contribution in [0.15, 0.2) is 0 Å². The Morgan fingerprint density at radius 1 is 0.923 bits per heavy atom. The van der Waals surface area contributed by atoms with E-state index in [-0.39, 0.29) is 11.0 Å². The van der Waals surface area contributed by atoms with Crippen LogP contribution in [0.3, 0.4) is 0 Å². The summed E-state index contributed by atoms with van der Waals surface area (Å²) in [5, 5.41) is 0. The number of hydrogen-bond donors (Lipinski definition) is 0. The third-order valence-electron chi connectivity index (χ3n) is 1.63. The minimum atomic E-state index is -0.0916. The summed E-state index contributed by atoms with van der Waals surface area (Å²) in [5.74, 6) is 0. The van der Waals surface area contributed by atoms with Gasteiger partial charge in [0.05, 0.1) is 13.2 Å². The number of halogens is 2. The lowest BCUT2D eigenvalue weighted by molar-refractivity contribution is 0.0836. The van der Waals surface area contributed by atoms with Crippen LogP contribution >= 0.6 is 23.2 Å². The molecule has 5 heteroatoms. The van der Waals surface area contributed by atoms with E-state index in [2.05, 4.69) is 0 Å². The molecule has 0 saturated heterocycles. The highest BCUT2D eigenvalue weighted by Gasteiger charge is 2.10. The summed E-state index contributed by atoms with van der Waals surface area (Å²) in [7, 11) is 7.63. The number of likely N-dealkylation sites (N-methyl/N-ethyl adjacent to an activating group) is 2. The first-order chi connectivity index (χ1) is 5.95. The van der Waals surface area contributed by atoms with E-state index in [1.165, 1.54) is 0 Å². The molecule has 0 aromatic rings. The Bertz CT molecular complexity index is 119. The number of nitrogens with zero attached hydrogens (tertiary/aromatic N) is 2. The minimum Gasteiger partial charge on any atom is -0.376 e. The fourth-order valence-corrected chi connectivity index (χ4v) is 0.739. The average molecular weight is 229 g/mol. The van der Waals surface area contributed by atoms with Crippen molar-refractivity contribution in [3.8, 4) is 0 Å². The van der Waals surface area contributed by atoms with Crippen molar-refractivity contribution < 1.29 is 4.74 Å². The van der Waals surface area contributed by atoms with Crippen molar-refractivity contribution in [3.63, 3.8) is 0 Å². The van der Waals surface area contributed by atoms with E-state index in [1.807, 2.05) is 38.0 Å². The minimum absolute atomic E-state index is 0.0916. The molecule has 80 valence electrons. The van der Waals surface area contributed by atoms with Crippen molar-refractivity contribution >= 4 is 23.2 Å². The summed E-state index contributed by atoms with van der Waals surface area (Å²) < 4.78 is 5.33. The Morgan fingerprint density at radius 2 is 1.23 bits per heavy atom. The lowest BCUT2D eigenvalue weighted by Gasteiger charge is -2.20. The molecule has 0 radical (unpaired) electrons. The quantitative estimate of drug-likeness (QED) is 0.503. The maximum atomic E-state index is 5.92. The second-order valence-corrected chi connectivity index (χ2v) is 4.34. The van der Waals surface area contributed by atoms with Gasteiger partial charge in [-0.1, -0.05) is 0 Å². The standard InChI is InChI=1S/C8H18Cl2N2O/c1-11(2)7(9)5-13-6-8(10)12(3)4/h7-8H,5-6H2,1-4H3. The summed E-state index contributed by atoms with van der Waals surface area (Å²) in [6, 6.07) is 0. The van der Waals surface area contributed by atoms with Crippen molar-refractivity contribution in [2.45, 2.75) is 11.0 Å². The second kappa shape index (κ2) is 6.85. The molecule has 0 heterocycles. The Kier molecular flexibility index (Phi) is 7.09. The van der Waals surface area contributed by atoms with Crippen LogP contribution in [0, 0.1) is 0 Å². The van der Waals surface area contributed by atoms with Gasteiger partial charge in [-0.15, -0.1) is 23.2 Å². The molecule has 0 fully saturated rings. The van der Waals surface area contributed by atoms with E-state index < -0.39 is 0 Å². The molecule has 0 bridgehead atoms. The number of hydrogen-bond acceptors (Lipinski definition) is 3. The van der Waals surface area contributed by atoms with E-state index in [0.29, 0.717) is 13.2 Å². The molecule has 0 aromatic carbocycles. The summed E-state index contributed by atoms with van der Waals surface area (Å²) in [6.07, 6.45) is 0. The SMILES string of the molecule is CN(C)C(Cl)COCC(Cl)N(C)C. The topological polar surface area (TPSA) is 15.7 Å². The highest BCUT2D eigenvalue weighted by Crippen LogP contribution is 2.03. The Morgan fingerprint density at radius 3 is 1.46 bits per heavy atom. The van der Waals surface area contributed by atoms with E-state index in [9.17, 15) is 0 Å². The fourth-order valence-electron chi connectivity index (χ4n) is 0.561. The predicted octanol–water partition coefficient (Wildman–Crippen LogP) is 1.26. The highest BCUT2D eigenvalue weighted by atomic mass is 35.5.